The van der Waals surface area contributed by atoms with E-state index in [1.165, 1.54) is 10.9 Å². The molecule has 1 N–H and O–H groups in total. The average molecular weight is 417 g/mol. The summed E-state index contributed by atoms with van der Waals surface area (Å²) in [6.45, 7) is 2.50. The Bertz CT molecular complexity index is 1300. The first-order valence-corrected chi connectivity index (χ1v) is 9.94. The van der Waals surface area contributed by atoms with Gasteiger partial charge in [-0.15, -0.1) is 0 Å². The summed E-state index contributed by atoms with van der Waals surface area (Å²) in [7, 11) is 0. The zero-order chi connectivity index (χ0) is 21.5. The van der Waals surface area contributed by atoms with E-state index in [0.717, 1.165) is 18.4 Å². The van der Waals surface area contributed by atoms with Gasteiger partial charge in [-0.05, 0) is 38.0 Å². The monoisotopic (exact) mass is 417 g/mol. The maximum atomic E-state index is 13.6. The lowest BCUT2D eigenvalue weighted by Gasteiger charge is -2.24. The number of imidazole rings is 1. The lowest BCUT2D eigenvalue weighted by Crippen LogP contribution is -2.32. The molecule has 1 atom stereocenters. The van der Waals surface area contributed by atoms with E-state index < -0.39 is 4.92 Å². The predicted octanol–water partition coefficient (Wildman–Crippen LogP) is 3.34. The molecule has 0 saturated carbocycles. The summed E-state index contributed by atoms with van der Waals surface area (Å²) in [4.78, 5) is 35.4. The Kier molecular flexibility index (Phi) is 4.46. The van der Waals surface area contributed by atoms with E-state index in [1.807, 2.05) is 25.1 Å². The van der Waals surface area contributed by atoms with Gasteiger partial charge in [-0.3, -0.25) is 14.9 Å². The first kappa shape index (κ1) is 18.9. The quantitative estimate of drug-likeness (QED) is 0.401. The third-order valence-corrected chi connectivity index (χ3v) is 5.55. The molecule has 3 heterocycles. The lowest BCUT2D eigenvalue weighted by molar-refractivity contribution is -0.383. The van der Waals surface area contributed by atoms with Crippen LogP contribution in [0.3, 0.4) is 0 Å². The van der Waals surface area contributed by atoms with Crippen LogP contribution in [-0.4, -0.2) is 47.2 Å². The number of carbonyl (C=O) groups excluding carboxylic acids is 1. The number of aromatic nitrogens is 5. The van der Waals surface area contributed by atoms with Crippen LogP contribution in [0.25, 0.3) is 16.7 Å². The first-order valence-electron chi connectivity index (χ1n) is 9.94. The Hall–Kier alpha value is -4.08. The summed E-state index contributed by atoms with van der Waals surface area (Å²) in [5, 5.41) is 19.7. The lowest BCUT2D eigenvalue weighted by atomic mass is 10.1. The van der Waals surface area contributed by atoms with Gasteiger partial charge in [0.1, 0.15) is 5.82 Å². The smallest absolute Gasteiger partial charge is 0.297 e. The third kappa shape index (κ3) is 3.21. The van der Waals surface area contributed by atoms with Crippen molar-refractivity contribution < 1.29 is 9.72 Å². The van der Waals surface area contributed by atoms with Crippen LogP contribution >= 0.6 is 0 Å². The summed E-state index contributed by atoms with van der Waals surface area (Å²) in [5.41, 5.74) is 2.90. The SMILES string of the molecule is Cc1ccc(-n2nccn2)c(C(=O)N2CCCC2c2nc3c([N+](=O)[O-])cccc3[nH]2)c1. The fourth-order valence-electron chi connectivity index (χ4n) is 4.13. The van der Waals surface area contributed by atoms with Crippen molar-refractivity contribution in [2.75, 3.05) is 6.54 Å². The number of para-hydroxylation sites is 1. The number of likely N-dealkylation sites (tertiary alicyclic amines) is 1. The number of nitrogens with zero attached hydrogens (tertiary/aromatic N) is 6. The Labute approximate surface area is 176 Å². The van der Waals surface area contributed by atoms with Crippen LogP contribution in [0.5, 0.6) is 0 Å². The minimum absolute atomic E-state index is 0.0541. The maximum Gasteiger partial charge on any atom is 0.297 e. The number of H-pyrrole nitrogens is 1. The van der Waals surface area contributed by atoms with Crippen molar-refractivity contribution in [2.24, 2.45) is 0 Å². The average Bonchev–Trinajstić information content (AvgIpc) is 3.52. The van der Waals surface area contributed by atoms with E-state index in [9.17, 15) is 14.9 Å². The molecule has 1 aliphatic heterocycles. The molecule has 156 valence electrons. The van der Waals surface area contributed by atoms with Crippen LogP contribution in [0.4, 0.5) is 5.69 Å². The molecular weight excluding hydrogens is 398 g/mol. The van der Waals surface area contributed by atoms with Gasteiger partial charge in [0.2, 0.25) is 0 Å². The number of carbonyl (C=O) groups is 1. The Balaban J connectivity index is 1.54. The van der Waals surface area contributed by atoms with Crippen molar-refractivity contribution in [1.82, 2.24) is 29.9 Å². The highest BCUT2D eigenvalue weighted by atomic mass is 16.6. The third-order valence-electron chi connectivity index (χ3n) is 5.55. The normalized spacial score (nSPS) is 16.2. The summed E-state index contributed by atoms with van der Waals surface area (Å²) in [6.07, 6.45) is 4.67. The molecule has 2 aromatic carbocycles. The summed E-state index contributed by atoms with van der Waals surface area (Å²) in [5.74, 6) is 0.412. The van der Waals surface area contributed by atoms with Crippen molar-refractivity contribution in [3.8, 4) is 5.69 Å². The van der Waals surface area contributed by atoms with E-state index in [0.29, 0.717) is 34.7 Å². The van der Waals surface area contributed by atoms with Crippen molar-refractivity contribution in [2.45, 2.75) is 25.8 Å². The van der Waals surface area contributed by atoms with Gasteiger partial charge < -0.3 is 9.88 Å². The molecule has 0 spiro atoms. The molecule has 1 fully saturated rings. The van der Waals surface area contributed by atoms with Gasteiger partial charge in [0.15, 0.2) is 5.52 Å². The number of amides is 1. The van der Waals surface area contributed by atoms with E-state index in [2.05, 4.69) is 20.2 Å². The Morgan fingerprint density at radius 1 is 1.23 bits per heavy atom. The molecule has 4 aromatic rings. The van der Waals surface area contributed by atoms with Crippen molar-refractivity contribution >= 4 is 22.6 Å². The number of benzene rings is 2. The van der Waals surface area contributed by atoms with Gasteiger partial charge in [-0.25, -0.2) is 4.98 Å². The molecule has 31 heavy (non-hydrogen) atoms. The number of aromatic amines is 1. The minimum atomic E-state index is -0.444. The zero-order valence-corrected chi connectivity index (χ0v) is 16.7. The van der Waals surface area contributed by atoms with Crippen molar-refractivity contribution in [3.63, 3.8) is 0 Å². The second-order valence-electron chi connectivity index (χ2n) is 7.55. The second-order valence-corrected chi connectivity index (χ2v) is 7.55. The maximum absolute atomic E-state index is 13.6. The number of aryl methyl sites for hydroxylation is 1. The minimum Gasteiger partial charge on any atom is -0.340 e. The van der Waals surface area contributed by atoms with Crippen LogP contribution in [0.2, 0.25) is 0 Å². The van der Waals surface area contributed by atoms with Crippen molar-refractivity contribution in [1.29, 1.82) is 0 Å². The van der Waals surface area contributed by atoms with E-state index in [4.69, 9.17) is 0 Å². The number of nitrogens with one attached hydrogen (secondary N) is 1. The van der Waals surface area contributed by atoms with Gasteiger partial charge in [-0.1, -0.05) is 17.7 Å². The molecule has 1 saturated heterocycles. The van der Waals surface area contributed by atoms with Crippen LogP contribution in [0, 0.1) is 17.0 Å². The number of nitro benzene ring substituents is 1. The molecule has 0 aliphatic carbocycles. The van der Waals surface area contributed by atoms with Gasteiger partial charge >= 0.3 is 0 Å². The standard InChI is InChI=1S/C21H19N7O3/c1-13-7-8-16(27-22-9-10-23-27)14(12-13)21(29)26-11-3-6-18(26)20-24-15-4-2-5-17(28(30)31)19(15)25-20/h2,4-5,7-10,12,18H,3,6,11H2,1H3,(H,24,25). The van der Waals surface area contributed by atoms with E-state index in [1.54, 1.807) is 29.4 Å². The summed E-state index contributed by atoms with van der Waals surface area (Å²) in [6, 6.07) is 10.1. The number of nitro groups is 1. The molecule has 2 aromatic heterocycles. The second kappa shape index (κ2) is 7.31. The highest BCUT2D eigenvalue weighted by molar-refractivity contribution is 5.98. The highest BCUT2D eigenvalue weighted by Gasteiger charge is 2.34. The molecular formula is C21H19N7O3. The van der Waals surface area contributed by atoms with Crippen LogP contribution in [0.15, 0.2) is 48.8 Å². The van der Waals surface area contributed by atoms with Crippen LogP contribution in [0.1, 0.15) is 40.6 Å². The highest BCUT2D eigenvalue weighted by Crippen LogP contribution is 2.35. The molecule has 0 bridgehead atoms. The molecule has 10 nitrogen and oxygen atoms in total. The van der Waals surface area contributed by atoms with Crippen LogP contribution < -0.4 is 0 Å². The first-order chi connectivity index (χ1) is 15.0. The molecule has 1 amide bonds. The fourth-order valence-corrected chi connectivity index (χ4v) is 4.13. The van der Waals surface area contributed by atoms with Crippen molar-refractivity contribution in [3.05, 3.63) is 75.9 Å². The van der Waals surface area contributed by atoms with Gasteiger partial charge in [0, 0.05) is 12.6 Å². The topological polar surface area (TPSA) is 123 Å². The number of hydrogen-bond donors (Lipinski definition) is 1. The molecule has 0 radical (unpaired) electrons. The Morgan fingerprint density at radius 3 is 2.81 bits per heavy atom. The number of hydrogen-bond acceptors (Lipinski definition) is 6. The zero-order valence-electron chi connectivity index (χ0n) is 16.7. The van der Waals surface area contributed by atoms with Gasteiger partial charge in [0.05, 0.1) is 40.1 Å². The predicted molar refractivity (Wildman–Crippen MR) is 112 cm³/mol. The number of non-ortho nitro benzene ring substituents is 1. The van der Waals surface area contributed by atoms with Gasteiger partial charge in [-0.2, -0.15) is 15.0 Å². The summed E-state index contributed by atoms with van der Waals surface area (Å²) < 4.78 is 0. The molecule has 1 aliphatic rings. The molecule has 10 heteroatoms. The Morgan fingerprint density at radius 2 is 2.03 bits per heavy atom. The molecule has 1 unspecified atom stereocenters. The summed E-state index contributed by atoms with van der Waals surface area (Å²) >= 11 is 0. The fraction of sp³-hybridized carbons (Fsp3) is 0.238. The number of fused-ring (bicyclic) bond motifs is 1. The van der Waals surface area contributed by atoms with Crippen LogP contribution in [-0.2, 0) is 0 Å². The van der Waals surface area contributed by atoms with E-state index in [-0.39, 0.29) is 17.6 Å². The van der Waals surface area contributed by atoms with Gasteiger partial charge in [0.25, 0.3) is 11.6 Å². The van der Waals surface area contributed by atoms with E-state index >= 15 is 0 Å². The number of rotatable bonds is 4. The molecule has 5 rings (SSSR count). The largest absolute Gasteiger partial charge is 0.340 e.